The number of ether oxygens (including phenoxy) is 10. The number of anilines is 4. The molecule has 18 nitrogen and oxygen atoms in total. The molecule has 0 saturated carbocycles. The van der Waals surface area contributed by atoms with Crippen molar-refractivity contribution in [2.24, 2.45) is 0 Å². The minimum Gasteiger partial charge on any atom is -0.493 e. The van der Waals surface area contributed by atoms with E-state index in [-0.39, 0.29) is 11.6 Å². The summed E-state index contributed by atoms with van der Waals surface area (Å²) in [5.41, 5.74) is 3.91. The molecule has 0 atom stereocenters. The zero-order chi connectivity index (χ0) is 47.6. The normalized spacial score (nSPS) is 11.3. The van der Waals surface area contributed by atoms with Gasteiger partial charge in [0.25, 0.3) is 0 Å². The lowest BCUT2D eigenvalue weighted by Gasteiger charge is -2.37. The maximum Gasteiger partial charge on any atom is 0.573 e. The van der Waals surface area contributed by atoms with Gasteiger partial charge >= 0.3 is 6.36 Å². The number of hydrogen-bond acceptors (Lipinski definition) is 16. The lowest BCUT2D eigenvalue weighted by molar-refractivity contribution is -0.274. The average molecular weight is 925 g/mol. The SMILES string of the molecule is COc1cc(-c2cnn3ccc(N(c4cc(OC)c(OC)c(OC)c4)N(c4cc(OC)c(OC)c(OC)c4)c4ccn5ncc(-c6ccc(OC(F)(F)F)cc6)c5n4)nc23)cc(OC)c1OC. The largest absolute Gasteiger partial charge is 0.573 e. The maximum atomic E-state index is 13.1. The number of rotatable bonds is 17. The summed E-state index contributed by atoms with van der Waals surface area (Å²) >= 11 is 0. The van der Waals surface area contributed by atoms with Crippen LogP contribution in [0.5, 0.6) is 57.5 Å². The molecule has 0 radical (unpaired) electrons. The first-order valence-electron chi connectivity index (χ1n) is 20.0. The topological polar surface area (TPSA) is 159 Å². The molecule has 8 aromatic rings. The van der Waals surface area contributed by atoms with E-state index in [4.69, 9.17) is 52.6 Å². The Morgan fingerprint density at radius 1 is 0.448 bits per heavy atom. The molecule has 67 heavy (non-hydrogen) atoms. The van der Waals surface area contributed by atoms with Crippen molar-refractivity contribution >= 4 is 34.3 Å². The van der Waals surface area contributed by atoms with Crippen molar-refractivity contribution in [1.82, 2.24) is 29.2 Å². The van der Waals surface area contributed by atoms with Crippen LogP contribution in [0.1, 0.15) is 0 Å². The van der Waals surface area contributed by atoms with Gasteiger partial charge in [-0.2, -0.15) is 10.2 Å². The van der Waals surface area contributed by atoms with E-state index in [1.807, 2.05) is 0 Å². The summed E-state index contributed by atoms with van der Waals surface area (Å²) in [6.45, 7) is 0. The number of hydrogen-bond donors (Lipinski definition) is 0. The number of halogens is 3. The summed E-state index contributed by atoms with van der Waals surface area (Å²) in [5.74, 6) is 3.37. The van der Waals surface area contributed by atoms with E-state index < -0.39 is 6.36 Å². The van der Waals surface area contributed by atoms with E-state index >= 15 is 0 Å². The second-order valence-corrected chi connectivity index (χ2v) is 14.1. The summed E-state index contributed by atoms with van der Waals surface area (Å²) < 4.78 is 98.4. The Morgan fingerprint density at radius 2 is 0.806 bits per heavy atom. The molecule has 348 valence electrons. The fraction of sp³-hybridized carbons (Fsp3) is 0.217. The standard InChI is InChI=1S/C46H43F3N8O10/c1-58-33-18-27(19-34(59-2)41(33)64-7)32-25-51-55-17-15-40(53-45(32)55)57(29-22-37(62-5)43(66-9)38(23-29)63-6)56(28-20-35(60-3)42(65-8)36(21-28)61-4)39-14-16-54-44(52-39)31(24-50-54)26-10-12-30(13-11-26)67-46(47,48)49/h10-25H,1-9H3. The van der Waals surface area contributed by atoms with Gasteiger partial charge in [0.1, 0.15) is 5.75 Å². The highest BCUT2D eigenvalue weighted by Crippen LogP contribution is 2.48. The van der Waals surface area contributed by atoms with E-state index in [0.29, 0.717) is 102 Å². The first kappa shape index (κ1) is 45.1. The zero-order valence-electron chi connectivity index (χ0n) is 37.5. The summed E-state index contributed by atoms with van der Waals surface area (Å²) in [7, 11) is 13.6. The van der Waals surface area contributed by atoms with Crippen LogP contribution in [0, 0.1) is 0 Å². The van der Waals surface area contributed by atoms with Crippen LogP contribution in [0.3, 0.4) is 0 Å². The zero-order valence-corrected chi connectivity index (χ0v) is 37.5. The Bertz CT molecular complexity index is 3000. The maximum absolute atomic E-state index is 13.1. The Labute approximate surface area is 381 Å². The molecule has 4 aromatic heterocycles. The van der Waals surface area contributed by atoms with Crippen LogP contribution in [0.4, 0.5) is 36.2 Å². The lowest BCUT2D eigenvalue weighted by atomic mass is 10.1. The molecule has 0 unspecified atom stereocenters. The molecule has 0 fully saturated rings. The molecule has 0 aliphatic rings. The summed E-state index contributed by atoms with van der Waals surface area (Å²) in [6.07, 6.45) is 1.81. The molecule has 4 heterocycles. The Hall–Kier alpha value is -8.49. The van der Waals surface area contributed by atoms with Crippen molar-refractivity contribution in [1.29, 1.82) is 0 Å². The second-order valence-electron chi connectivity index (χ2n) is 14.1. The van der Waals surface area contributed by atoms with Crippen LogP contribution in [0.2, 0.25) is 0 Å². The molecular formula is C46H43F3N8O10. The molecule has 0 N–H and O–H groups in total. The van der Waals surface area contributed by atoms with Crippen LogP contribution < -0.4 is 57.4 Å². The van der Waals surface area contributed by atoms with Gasteiger partial charge in [0.15, 0.2) is 57.4 Å². The fourth-order valence-corrected chi connectivity index (χ4v) is 7.51. The van der Waals surface area contributed by atoms with Gasteiger partial charge in [-0.15, -0.1) is 13.2 Å². The predicted molar refractivity (Wildman–Crippen MR) is 240 cm³/mol. The van der Waals surface area contributed by atoms with Gasteiger partial charge in [0, 0.05) is 59.9 Å². The average Bonchev–Trinajstić information content (AvgIpc) is 3.98. The van der Waals surface area contributed by atoms with Gasteiger partial charge < -0.3 is 47.4 Å². The number of alkyl halides is 3. The number of aromatic nitrogens is 6. The van der Waals surface area contributed by atoms with Gasteiger partial charge in [-0.05, 0) is 35.4 Å². The molecule has 0 bridgehead atoms. The monoisotopic (exact) mass is 924 g/mol. The van der Waals surface area contributed by atoms with Crippen LogP contribution in [0.25, 0.3) is 33.5 Å². The smallest absolute Gasteiger partial charge is 0.493 e. The Morgan fingerprint density at radius 3 is 1.15 bits per heavy atom. The number of nitrogens with zero attached hydrogens (tertiary/aromatic N) is 8. The van der Waals surface area contributed by atoms with Crippen molar-refractivity contribution in [3.05, 3.63) is 97.6 Å². The van der Waals surface area contributed by atoms with Gasteiger partial charge in [0.2, 0.25) is 17.2 Å². The van der Waals surface area contributed by atoms with E-state index in [9.17, 15) is 13.2 Å². The molecule has 0 amide bonds. The molecule has 0 aliphatic carbocycles. The van der Waals surface area contributed by atoms with E-state index in [1.54, 1.807) is 87.9 Å². The van der Waals surface area contributed by atoms with E-state index in [0.717, 1.165) is 0 Å². The summed E-state index contributed by atoms with van der Waals surface area (Å²) in [4.78, 5) is 10.4. The second kappa shape index (κ2) is 18.5. The van der Waals surface area contributed by atoms with Crippen molar-refractivity contribution in [2.45, 2.75) is 6.36 Å². The number of fused-ring (bicyclic) bond motifs is 2. The third-order valence-electron chi connectivity index (χ3n) is 10.5. The predicted octanol–water partition coefficient (Wildman–Crippen LogP) is 8.97. The molecule has 21 heteroatoms. The minimum absolute atomic E-state index is 0.286. The number of methoxy groups -OCH3 is 9. The van der Waals surface area contributed by atoms with Crippen molar-refractivity contribution in [3.8, 4) is 79.7 Å². The van der Waals surface area contributed by atoms with Crippen LogP contribution in [-0.4, -0.2) is 99.5 Å². The van der Waals surface area contributed by atoms with Gasteiger partial charge in [-0.1, -0.05) is 12.1 Å². The summed E-state index contributed by atoms with van der Waals surface area (Å²) in [5, 5.41) is 12.7. The van der Waals surface area contributed by atoms with Crippen LogP contribution in [0.15, 0.2) is 97.6 Å². The molecular weight excluding hydrogens is 882 g/mol. The number of benzene rings is 4. The fourth-order valence-electron chi connectivity index (χ4n) is 7.51. The molecule has 0 spiro atoms. The van der Waals surface area contributed by atoms with Gasteiger partial charge in [-0.3, -0.25) is 0 Å². The molecule has 8 rings (SSSR count). The third-order valence-corrected chi connectivity index (χ3v) is 10.5. The minimum atomic E-state index is -4.86. The highest BCUT2D eigenvalue weighted by molar-refractivity contribution is 5.85. The molecule has 0 aliphatic heterocycles. The summed E-state index contributed by atoms with van der Waals surface area (Å²) in [6, 6.07) is 19.4. The molecule has 4 aromatic carbocycles. The van der Waals surface area contributed by atoms with Crippen molar-refractivity contribution in [2.75, 3.05) is 74.0 Å². The highest BCUT2D eigenvalue weighted by atomic mass is 19.4. The van der Waals surface area contributed by atoms with E-state index in [2.05, 4.69) is 14.9 Å². The van der Waals surface area contributed by atoms with Crippen LogP contribution in [-0.2, 0) is 0 Å². The van der Waals surface area contributed by atoms with Crippen molar-refractivity contribution in [3.63, 3.8) is 0 Å². The molecule has 0 saturated heterocycles. The van der Waals surface area contributed by atoms with Gasteiger partial charge in [-0.25, -0.2) is 29.0 Å². The quantitative estimate of drug-likeness (QED) is 0.0796. The lowest BCUT2D eigenvalue weighted by Crippen LogP contribution is -2.37. The van der Waals surface area contributed by atoms with Crippen LogP contribution >= 0.6 is 0 Å². The third kappa shape index (κ3) is 8.49. The van der Waals surface area contributed by atoms with Gasteiger partial charge in [0.05, 0.1) is 87.8 Å². The van der Waals surface area contributed by atoms with Crippen molar-refractivity contribution < 1.29 is 60.5 Å². The Kier molecular flexibility index (Phi) is 12.5. The Balaban J connectivity index is 1.42. The first-order chi connectivity index (χ1) is 32.4. The van der Waals surface area contributed by atoms with E-state index in [1.165, 1.54) is 92.8 Å². The number of hydrazine groups is 1. The first-order valence-corrected chi connectivity index (χ1v) is 20.0. The highest BCUT2D eigenvalue weighted by Gasteiger charge is 2.32.